The van der Waals surface area contributed by atoms with E-state index in [0.29, 0.717) is 17.2 Å². The summed E-state index contributed by atoms with van der Waals surface area (Å²) in [7, 11) is 1.67. The summed E-state index contributed by atoms with van der Waals surface area (Å²) < 4.78 is 42.2. The number of nitrogens with one attached hydrogen (secondary N) is 1. The molecule has 0 spiro atoms. The fourth-order valence-electron chi connectivity index (χ4n) is 2.88. The summed E-state index contributed by atoms with van der Waals surface area (Å²) in [6, 6.07) is 4.77. The van der Waals surface area contributed by atoms with Gasteiger partial charge in [0.1, 0.15) is 5.52 Å². The van der Waals surface area contributed by atoms with Gasteiger partial charge in [-0.2, -0.15) is 18.3 Å². The standard InChI is InChI=1S/C19H20F3N5O2S/c1-11(2)8-27-17(29)16-14(9-26(3)25-16)24-18(27)30-10-15(28)23-13-7-5-4-6-12(13)19(20,21)22/h4-7,9,11H,8,10H2,1-3H3,(H,23,28). The van der Waals surface area contributed by atoms with Crippen LogP contribution in [-0.2, 0) is 24.6 Å². The first kappa shape index (κ1) is 21.9. The van der Waals surface area contributed by atoms with Crippen LogP contribution in [0.25, 0.3) is 11.0 Å². The molecule has 0 aliphatic rings. The van der Waals surface area contributed by atoms with Crippen LogP contribution in [0.2, 0.25) is 0 Å². The minimum absolute atomic E-state index is 0.137. The zero-order valence-corrected chi connectivity index (χ0v) is 17.3. The average molecular weight is 439 g/mol. The molecular weight excluding hydrogens is 419 g/mol. The van der Waals surface area contributed by atoms with Gasteiger partial charge in [0.2, 0.25) is 5.91 Å². The van der Waals surface area contributed by atoms with Gasteiger partial charge < -0.3 is 5.32 Å². The number of alkyl halides is 3. The van der Waals surface area contributed by atoms with E-state index in [1.54, 1.807) is 13.2 Å². The first-order chi connectivity index (χ1) is 14.1. The van der Waals surface area contributed by atoms with E-state index in [1.807, 2.05) is 13.8 Å². The van der Waals surface area contributed by atoms with Crippen molar-refractivity contribution in [1.82, 2.24) is 19.3 Å². The van der Waals surface area contributed by atoms with Gasteiger partial charge in [-0.3, -0.25) is 18.8 Å². The minimum atomic E-state index is -4.58. The predicted octanol–water partition coefficient (Wildman–Crippen LogP) is 3.54. The van der Waals surface area contributed by atoms with Crippen molar-refractivity contribution in [1.29, 1.82) is 0 Å². The molecule has 0 unspecified atom stereocenters. The Kier molecular flexibility index (Phi) is 6.20. The average Bonchev–Trinajstić information content (AvgIpc) is 3.02. The number of aromatic nitrogens is 4. The zero-order valence-electron chi connectivity index (χ0n) is 16.5. The molecule has 0 radical (unpaired) electrons. The number of aryl methyl sites for hydroxylation is 1. The van der Waals surface area contributed by atoms with Crippen LogP contribution in [0.3, 0.4) is 0 Å². The molecule has 0 saturated carbocycles. The largest absolute Gasteiger partial charge is 0.418 e. The van der Waals surface area contributed by atoms with E-state index in [4.69, 9.17) is 0 Å². The van der Waals surface area contributed by atoms with Crippen molar-refractivity contribution in [3.63, 3.8) is 0 Å². The first-order valence-electron chi connectivity index (χ1n) is 9.09. The molecule has 0 aliphatic heterocycles. The molecule has 1 amide bonds. The number of nitrogens with zero attached hydrogens (tertiary/aromatic N) is 4. The molecule has 0 aliphatic carbocycles. The number of carbonyl (C=O) groups excluding carboxylic acids is 1. The number of rotatable bonds is 6. The molecule has 0 saturated heterocycles. The highest BCUT2D eigenvalue weighted by molar-refractivity contribution is 7.99. The Bertz CT molecular complexity index is 1140. The summed E-state index contributed by atoms with van der Waals surface area (Å²) in [5.74, 6) is -0.700. The predicted molar refractivity (Wildman–Crippen MR) is 108 cm³/mol. The fourth-order valence-corrected chi connectivity index (χ4v) is 3.69. The maximum atomic E-state index is 13.1. The Morgan fingerprint density at radius 2 is 1.97 bits per heavy atom. The highest BCUT2D eigenvalue weighted by atomic mass is 32.2. The van der Waals surface area contributed by atoms with E-state index in [2.05, 4.69) is 15.4 Å². The number of amides is 1. The SMILES string of the molecule is CC(C)Cn1c(SCC(=O)Nc2ccccc2C(F)(F)F)nc2cn(C)nc2c1=O. The number of thioether (sulfide) groups is 1. The van der Waals surface area contributed by atoms with Gasteiger partial charge >= 0.3 is 6.18 Å². The topological polar surface area (TPSA) is 81.8 Å². The Labute approximate surface area is 174 Å². The van der Waals surface area contributed by atoms with Crippen molar-refractivity contribution in [2.24, 2.45) is 13.0 Å². The lowest BCUT2D eigenvalue weighted by molar-refractivity contribution is -0.137. The number of fused-ring (bicyclic) bond motifs is 1. The number of carbonyl (C=O) groups is 1. The van der Waals surface area contributed by atoms with Crippen LogP contribution in [0.5, 0.6) is 0 Å². The van der Waals surface area contributed by atoms with Crippen molar-refractivity contribution >= 4 is 34.4 Å². The number of halogens is 3. The fraction of sp³-hybridized carbons (Fsp3) is 0.368. The second-order valence-electron chi connectivity index (χ2n) is 7.12. The first-order valence-corrected chi connectivity index (χ1v) is 10.1. The Balaban J connectivity index is 1.83. The van der Waals surface area contributed by atoms with Gasteiger partial charge in [0.25, 0.3) is 5.56 Å². The molecule has 1 N–H and O–H groups in total. The third-order valence-electron chi connectivity index (χ3n) is 4.09. The van der Waals surface area contributed by atoms with Crippen LogP contribution in [0.4, 0.5) is 18.9 Å². The van der Waals surface area contributed by atoms with Crippen LogP contribution in [0.1, 0.15) is 19.4 Å². The smallest absolute Gasteiger partial charge is 0.325 e. The summed E-state index contributed by atoms with van der Waals surface area (Å²) in [6.07, 6.45) is -2.98. The highest BCUT2D eigenvalue weighted by Gasteiger charge is 2.33. The molecule has 11 heteroatoms. The second-order valence-corrected chi connectivity index (χ2v) is 8.06. The number of hydrogen-bond acceptors (Lipinski definition) is 5. The molecule has 30 heavy (non-hydrogen) atoms. The quantitative estimate of drug-likeness (QED) is 0.469. The lowest BCUT2D eigenvalue weighted by Crippen LogP contribution is -2.26. The molecule has 2 aromatic heterocycles. The summed E-state index contributed by atoms with van der Waals surface area (Å²) in [6.45, 7) is 4.24. The third-order valence-corrected chi connectivity index (χ3v) is 5.07. The third kappa shape index (κ3) is 4.84. The van der Waals surface area contributed by atoms with Crippen LogP contribution < -0.4 is 10.9 Å². The summed E-state index contributed by atoms with van der Waals surface area (Å²) in [5.41, 5.74) is -0.931. The lowest BCUT2D eigenvalue weighted by Gasteiger charge is -2.15. The van der Waals surface area contributed by atoms with E-state index in [0.717, 1.165) is 17.8 Å². The molecule has 3 aromatic rings. The van der Waals surface area contributed by atoms with Crippen LogP contribution in [0, 0.1) is 5.92 Å². The number of hydrogen-bond donors (Lipinski definition) is 1. The highest BCUT2D eigenvalue weighted by Crippen LogP contribution is 2.34. The lowest BCUT2D eigenvalue weighted by atomic mass is 10.1. The Morgan fingerprint density at radius 3 is 2.63 bits per heavy atom. The number of anilines is 1. The molecule has 1 aromatic carbocycles. The normalized spacial score (nSPS) is 12.0. The van der Waals surface area contributed by atoms with Gasteiger partial charge in [-0.25, -0.2) is 4.98 Å². The van der Waals surface area contributed by atoms with E-state index in [-0.39, 0.29) is 28.4 Å². The van der Waals surface area contributed by atoms with E-state index < -0.39 is 17.6 Å². The molecule has 3 rings (SSSR count). The van der Waals surface area contributed by atoms with Gasteiger partial charge in [-0.15, -0.1) is 0 Å². The second kappa shape index (κ2) is 8.50. The maximum Gasteiger partial charge on any atom is 0.418 e. The molecule has 0 bridgehead atoms. The van der Waals surface area contributed by atoms with E-state index >= 15 is 0 Å². The maximum absolute atomic E-state index is 13.1. The van der Waals surface area contributed by atoms with Gasteiger partial charge in [-0.1, -0.05) is 37.7 Å². The number of benzene rings is 1. The zero-order chi connectivity index (χ0) is 22.1. The number of para-hydroxylation sites is 1. The van der Waals surface area contributed by atoms with Crippen molar-refractivity contribution in [2.45, 2.75) is 31.7 Å². The Morgan fingerprint density at radius 1 is 1.27 bits per heavy atom. The minimum Gasteiger partial charge on any atom is -0.325 e. The van der Waals surface area contributed by atoms with Crippen molar-refractivity contribution in [2.75, 3.05) is 11.1 Å². The van der Waals surface area contributed by atoms with Crippen molar-refractivity contribution in [3.05, 3.63) is 46.4 Å². The Hall–Kier alpha value is -2.82. The molecule has 160 valence electrons. The summed E-state index contributed by atoms with van der Waals surface area (Å²) >= 11 is 0.990. The van der Waals surface area contributed by atoms with Gasteiger partial charge in [0, 0.05) is 13.6 Å². The molecule has 2 heterocycles. The van der Waals surface area contributed by atoms with Gasteiger partial charge in [0.05, 0.1) is 23.2 Å². The van der Waals surface area contributed by atoms with Gasteiger partial charge in [-0.05, 0) is 18.1 Å². The summed E-state index contributed by atoms with van der Waals surface area (Å²) in [5, 5.41) is 6.74. The van der Waals surface area contributed by atoms with Crippen LogP contribution in [0.15, 0.2) is 40.4 Å². The monoisotopic (exact) mass is 439 g/mol. The van der Waals surface area contributed by atoms with Crippen molar-refractivity contribution in [3.8, 4) is 0 Å². The molecule has 7 nitrogen and oxygen atoms in total. The summed E-state index contributed by atoms with van der Waals surface area (Å²) in [4.78, 5) is 29.5. The van der Waals surface area contributed by atoms with E-state index in [1.165, 1.54) is 27.4 Å². The van der Waals surface area contributed by atoms with Crippen LogP contribution in [-0.4, -0.2) is 31.0 Å². The molecule has 0 atom stereocenters. The van der Waals surface area contributed by atoms with E-state index in [9.17, 15) is 22.8 Å². The van der Waals surface area contributed by atoms with Gasteiger partial charge in [0.15, 0.2) is 10.7 Å². The van der Waals surface area contributed by atoms with Crippen LogP contribution >= 0.6 is 11.8 Å². The molecule has 0 fully saturated rings. The van der Waals surface area contributed by atoms with Crippen molar-refractivity contribution < 1.29 is 18.0 Å². The molecular formula is C19H20F3N5O2S.